The summed E-state index contributed by atoms with van der Waals surface area (Å²) in [6, 6.07) is 20.8. The molecule has 142 valence electrons. The van der Waals surface area contributed by atoms with Gasteiger partial charge in [-0.1, -0.05) is 96.3 Å². The van der Waals surface area contributed by atoms with E-state index in [-0.39, 0.29) is 12.3 Å². The Kier molecular flexibility index (Phi) is 5.88. The number of hydrazine groups is 1. The van der Waals surface area contributed by atoms with Crippen molar-refractivity contribution in [3.63, 3.8) is 0 Å². The van der Waals surface area contributed by atoms with E-state index < -0.39 is 0 Å². The topological polar surface area (TPSA) is 31.2 Å². The van der Waals surface area contributed by atoms with Crippen LogP contribution in [-0.4, -0.2) is 31.9 Å². The molecule has 0 saturated carbocycles. The van der Waals surface area contributed by atoms with Crippen LogP contribution < -0.4 is 0 Å². The zero-order valence-electron chi connectivity index (χ0n) is 15.5. The molecule has 0 amide bonds. The molecule has 2 aromatic rings. The summed E-state index contributed by atoms with van der Waals surface area (Å²) >= 11 is 3.39. The van der Waals surface area contributed by atoms with Gasteiger partial charge in [-0.3, -0.25) is 0 Å². The largest absolute Gasteiger partial charge is 0.229 e. The molecule has 0 bridgehead atoms. The summed E-state index contributed by atoms with van der Waals surface area (Å²) < 4.78 is 0. The summed E-state index contributed by atoms with van der Waals surface area (Å²) in [5.41, 5.74) is 2.31. The Hall–Kier alpha value is -2.44. The maximum Gasteiger partial charge on any atom is 0.183 e. The predicted molar refractivity (Wildman–Crippen MR) is 122 cm³/mol. The highest BCUT2D eigenvalue weighted by molar-refractivity contribution is 8.14. The Morgan fingerprint density at radius 1 is 0.714 bits per heavy atom. The first-order valence-corrected chi connectivity index (χ1v) is 11.1. The molecule has 2 heterocycles. The number of nitrogens with zero attached hydrogens (tertiary/aromatic N) is 4. The third-order valence-corrected chi connectivity index (χ3v) is 6.31. The molecule has 6 heteroatoms. The molecule has 0 spiro atoms. The highest BCUT2D eigenvalue weighted by Gasteiger charge is 2.46. The average Bonchev–Trinajstić information content (AvgIpc) is 3.31. The van der Waals surface area contributed by atoms with E-state index in [2.05, 4.69) is 71.7 Å². The summed E-state index contributed by atoms with van der Waals surface area (Å²) in [5, 5.41) is 6.40. The molecular formula is C22H22N4S2. The van der Waals surface area contributed by atoms with Gasteiger partial charge < -0.3 is 0 Å². The van der Waals surface area contributed by atoms with Crippen LogP contribution in [0.15, 0.2) is 96.0 Å². The summed E-state index contributed by atoms with van der Waals surface area (Å²) in [6.45, 7) is 7.73. The predicted octanol–water partition coefficient (Wildman–Crippen LogP) is 5.48. The molecule has 2 aliphatic rings. The van der Waals surface area contributed by atoms with Gasteiger partial charge in [-0.25, -0.2) is 20.0 Å². The van der Waals surface area contributed by atoms with Crippen LogP contribution in [0, 0.1) is 0 Å². The van der Waals surface area contributed by atoms with Gasteiger partial charge in [-0.2, -0.15) is 0 Å². The second-order valence-corrected chi connectivity index (χ2v) is 8.25. The summed E-state index contributed by atoms with van der Waals surface area (Å²) in [4.78, 5) is 10.2. The number of benzene rings is 2. The molecule has 4 nitrogen and oxygen atoms in total. The third-order valence-electron chi connectivity index (χ3n) is 4.41. The van der Waals surface area contributed by atoms with Crippen molar-refractivity contribution in [3.8, 4) is 0 Å². The molecular weight excluding hydrogens is 384 g/mol. The number of aliphatic imine (C=N–C) groups is 2. The molecule has 0 fully saturated rings. The first-order valence-electron chi connectivity index (χ1n) is 9.14. The van der Waals surface area contributed by atoms with Gasteiger partial charge >= 0.3 is 0 Å². The van der Waals surface area contributed by atoms with E-state index in [0.29, 0.717) is 0 Å². The molecule has 2 aliphatic heterocycles. The average molecular weight is 407 g/mol. The van der Waals surface area contributed by atoms with Gasteiger partial charge in [-0.15, -0.1) is 13.2 Å². The monoisotopic (exact) mass is 406 g/mol. The van der Waals surface area contributed by atoms with Gasteiger partial charge in [0.15, 0.2) is 22.7 Å². The number of amidine groups is 2. The lowest BCUT2D eigenvalue weighted by Crippen LogP contribution is -2.40. The quantitative estimate of drug-likeness (QED) is 0.595. The number of fused-ring (bicyclic) bond motifs is 1. The lowest BCUT2D eigenvalue weighted by Gasteiger charge is -2.31. The number of rotatable bonds is 6. The highest BCUT2D eigenvalue weighted by atomic mass is 32.2. The van der Waals surface area contributed by atoms with Gasteiger partial charge in [0.25, 0.3) is 0 Å². The first kappa shape index (κ1) is 18.9. The van der Waals surface area contributed by atoms with E-state index in [1.807, 2.05) is 24.3 Å². The highest BCUT2D eigenvalue weighted by Crippen LogP contribution is 2.45. The Labute approximate surface area is 174 Å². The molecule has 0 N–H and O–H groups in total. The minimum atomic E-state index is -0.113. The number of hydrogen-bond acceptors (Lipinski definition) is 6. The normalized spacial score (nSPS) is 20.6. The molecule has 0 unspecified atom stereocenters. The van der Waals surface area contributed by atoms with Gasteiger partial charge in [0, 0.05) is 11.5 Å². The first-order chi connectivity index (χ1) is 13.8. The lowest BCUT2D eigenvalue weighted by molar-refractivity contribution is 0.105. The van der Waals surface area contributed by atoms with Gasteiger partial charge in [-0.05, 0) is 11.1 Å². The zero-order chi connectivity index (χ0) is 19.3. The summed E-state index contributed by atoms with van der Waals surface area (Å²) in [5.74, 6) is 1.61. The fraction of sp³-hybridized carbons (Fsp3) is 0.182. The van der Waals surface area contributed by atoms with E-state index in [9.17, 15) is 0 Å². The van der Waals surface area contributed by atoms with E-state index in [0.717, 1.165) is 33.0 Å². The fourth-order valence-electron chi connectivity index (χ4n) is 3.22. The third kappa shape index (κ3) is 3.62. The molecule has 28 heavy (non-hydrogen) atoms. The van der Waals surface area contributed by atoms with Crippen LogP contribution in [0.4, 0.5) is 0 Å². The van der Waals surface area contributed by atoms with Crippen molar-refractivity contribution in [2.75, 3.05) is 11.5 Å². The second kappa shape index (κ2) is 8.71. The van der Waals surface area contributed by atoms with Gasteiger partial charge in [0.05, 0.1) is 0 Å². The van der Waals surface area contributed by atoms with Crippen molar-refractivity contribution < 1.29 is 0 Å². The second-order valence-electron chi connectivity index (χ2n) is 6.28. The van der Waals surface area contributed by atoms with Crippen LogP contribution in [0.3, 0.4) is 0 Å². The maximum atomic E-state index is 5.08. The van der Waals surface area contributed by atoms with Crippen LogP contribution in [-0.2, 0) is 0 Å². The smallest absolute Gasteiger partial charge is 0.183 e. The molecule has 0 radical (unpaired) electrons. The minimum absolute atomic E-state index is 0.113. The van der Waals surface area contributed by atoms with E-state index in [1.165, 1.54) is 0 Å². The van der Waals surface area contributed by atoms with Crippen LogP contribution in [0.25, 0.3) is 0 Å². The zero-order valence-corrected chi connectivity index (χ0v) is 17.1. The van der Waals surface area contributed by atoms with Crippen molar-refractivity contribution in [1.82, 2.24) is 10.0 Å². The van der Waals surface area contributed by atoms with Gasteiger partial charge in [0.1, 0.15) is 0 Å². The molecule has 2 aromatic carbocycles. The summed E-state index contributed by atoms with van der Waals surface area (Å²) in [7, 11) is 0. The minimum Gasteiger partial charge on any atom is -0.229 e. The number of hydrogen-bond donors (Lipinski definition) is 0. The van der Waals surface area contributed by atoms with Crippen molar-refractivity contribution in [2.24, 2.45) is 9.98 Å². The SMILES string of the molecule is C=CCSC1=N[C@@H](c2ccccc2)N2C(SCC=C)=N[C@@H](c3ccccc3)N12. The molecule has 2 atom stereocenters. The fourth-order valence-corrected chi connectivity index (χ4v) is 4.74. The molecule has 0 aromatic heterocycles. The summed E-state index contributed by atoms with van der Waals surface area (Å²) in [6.07, 6.45) is 3.60. The van der Waals surface area contributed by atoms with Crippen molar-refractivity contribution >= 4 is 33.9 Å². The Morgan fingerprint density at radius 3 is 1.46 bits per heavy atom. The van der Waals surface area contributed by atoms with Crippen LogP contribution in [0.1, 0.15) is 23.5 Å². The Balaban J connectivity index is 1.76. The standard InChI is InChI=1S/C22H22N4S2/c1-3-15-27-21-23-19(17-11-7-5-8-12-17)26-22(28-16-4-2)24-20(25(21)26)18-13-9-6-10-14-18/h3-14,19-20H,1-2,15-16H2/t19-,20-/m1/s1. The van der Waals surface area contributed by atoms with Crippen molar-refractivity contribution in [2.45, 2.75) is 12.3 Å². The maximum absolute atomic E-state index is 5.08. The lowest BCUT2D eigenvalue weighted by atomic mass is 10.2. The van der Waals surface area contributed by atoms with E-state index >= 15 is 0 Å². The molecule has 0 aliphatic carbocycles. The Morgan fingerprint density at radius 2 is 1.11 bits per heavy atom. The van der Waals surface area contributed by atoms with Crippen LogP contribution >= 0.6 is 23.5 Å². The van der Waals surface area contributed by atoms with Gasteiger partial charge in [0.2, 0.25) is 0 Å². The van der Waals surface area contributed by atoms with E-state index in [4.69, 9.17) is 9.98 Å². The molecule has 0 saturated heterocycles. The van der Waals surface area contributed by atoms with Crippen LogP contribution in [0.5, 0.6) is 0 Å². The van der Waals surface area contributed by atoms with Crippen molar-refractivity contribution in [1.29, 1.82) is 0 Å². The van der Waals surface area contributed by atoms with Crippen LogP contribution in [0.2, 0.25) is 0 Å². The number of thioether (sulfide) groups is 2. The van der Waals surface area contributed by atoms with Crippen molar-refractivity contribution in [3.05, 3.63) is 97.1 Å². The van der Waals surface area contributed by atoms with E-state index in [1.54, 1.807) is 23.5 Å². The molecule has 4 rings (SSSR count). The Bertz CT molecular complexity index is 820.